The van der Waals surface area contributed by atoms with Crippen LogP contribution in [0.5, 0.6) is 0 Å². The molecule has 0 radical (unpaired) electrons. The molecule has 119 heavy (non-hydrogen) atoms. The zero-order valence-electron chi connectivity index (χ0n) is 64.0. The van der Waals surface area contributed by atoms with Crippen LogP contribution in [0.25, 0.3) is 0 Å². The van der Waals surface area contributed by atoms with Crippen molar-refractivity contribution >= 4 is 30.0 Å². The Morgan fingerprint density at radius 2 is 0.538 bits per heavy atom. The van der Waals surface area contributed by atoms with Gasteiger partial charge in [0, 0.05) is 27.7 Å². The molecule has 9 aliphatic rings. The largest absolute Gasteiger partial charge is 0.394 e. The maximum atomic E-state index is 13.0. The van der Waals surface area contributed by atoms with Crippen LogP contribution in [-0.2, 0) is 109 Å². The zero-order chi connectivity index (χ0) is 87.6. The molecule has 0 bridgehead atoms. The minimum atomic E-state index is -2.39. The fourth-order valence-electron chi connectivity index (χ4n) is 15.0. The number of ether oxygens (including phenoxy) is 18. The highest BCUT2D eigenvalue weighted by Gasteiger charge is 2.61. The van der Waals surface area contributed by atoms with Crippen molar-refractivity contribution in [1.29, 1.82) is 0 Å². The van der Waals surface area contributed by atoms with Crippen molar-refractivity contribution in [3.05, 3.63) is 0 Å². The lowest BCUT2D eigenvalue weighted by molar-refractivity contribution is -0.383. The Morgan fingerprint density at radius 3 is 0.899 bits per heavy atom. The zero-order valence-corrected chi connectivity index (χ0v) is 64.0. The SMILES string of the molecule is CC(=O)N[C@H]1[C@H](OC[C@H]2O[C@@H](O[C@H]3[C@H](O)[C@@H](NC(C)=O)[C@H](OC[C@H]4O[C@@H](O[C@H]5[C@H](O)[C@@H](NC(C)=O)[C@H](O[C@H]6[C@@H](O)[C@@H](CO)O[C@@H](O[C@H]7[C@H](O)[C@@H](O)[C@H](OC[C@@H](CO)NC=O)O[C@@H]7CO)[C@@H]6O)O[C@@H]5CO)[C@H](O)[C@@H](O)[C@H]4O)O[C@@H]3CO)[C@H](O)[C@@H](O[C@@H]3O[C@H](CO)[C@@H](O)[C@H](O)[C@H]3NC(C)=O)[C@H]2O)O[C@H](CO)[C@@H](O[C@@H]2O[C@H](CO)[C@H](O)[C@H](O)[C@H]2O)[C@@H]1O. The Bertz CT molecular complexity index is 3160. The monoisotopic (exact) mass is 1740 g/mol. The van der Waals surface area contributed by atoms with Gasteiger partial charge in [-0.1, -0.05) is 0 Å². The summed E-state index contributed by atoms with van der Waals surface area (Å²) in [6, 6.07) is -8.33. The molecule has 30 N–H and O–H groups in total. The molecule has 5 amide bonds. The fraction of sp³-hybridized carbons (Fsp3) is 0.924. The number of hydrogen-bond donors (Lipinski definition) is 30. The Hall–Kier alpha value is -4.37. The molecule has 0 aromatic rings. The smallest absolute Gasteiger partial charge is 0.217 e. The first-order valence-electron chi connectivity index (χ1n) is 37.8. The van der Waals surface area contributed by atoms with Gasteiger partial charge in [-0.3, -0.25) is 24.0 Å². The lowest BCUT2D eigenvalue weighted by Crippen LogP contribution is -2.70. The van der Waals surface area contributed by atoms with Crippen LogP contribution in [-0.4, -0.2) is 513 Å². The van der Waals surface area contributed by atoms with Crippen LogP contribution >= 0.6 is 0 Å². The Morgan fingerprint density at radius 1 is 0.277 bits per heavy atom. The summed E-state index contributed by atoms with van der Waals surface area (Å²) in [4.78, 5) is 62.1. The van der Waals surface area contributed by atoms with Crippen molar-refractivity contribution in [2.45, 2.75) is 310 Å². The molecule has 0 aromatic carbocycles. The molecular formula is C66H111N5O48. The molecule has 9 saturated heterocycles. The van der Waals surface area contributed by atoms with E-state index < -0.39 is 378 Å². The van der Waals surface area contributed by atoms with Gasteiger partial charge in [-0.25, -0.2) is 0 Å². The second-order valence-electron chi connectivity index (χ2n) is 29.7. The number of rotatable bonds is 35. The Labute approximate surface area is 674 Å². The maximum Gasteiger partial charge on any atom is 0.217 e. The van der Waals surface area contributed by atoms with Crippen LogP contribution in [0, 0.1) is 0 Å². The average Bonchev–Trinajstić information content (AvgIpc) is 0.771. The number of carbonyl (C=O) groups excluding carboxylic acids is 5. The van der Waals surface area contributed by atoms with Gasteiger partial charge in [0.05, 0.1) is 78.7 Å². The highest BCUT2D eigenvalue weighted by atomic mass is 16.8. The molecule has 0 saturated carbocycles. The van der Waals surface area contributed by atoms with E-state index in [0.29, 0.717) is 0 Å². The molecule has 46 atom stereocenters. The van der Waals surface area contributed by atoms with E-state index in [2.05, 4.69) is 26.6 Å². The molecular weight excluding hydrogens is 1630 g/mol. The molecule has 0 spiro atoms. The predicted octanol–water partition coefficient (Wildman–Crippen LogP) is -20.9. The molecule has 53 nitrogen and oxygen atoms in total. The number of aliphatic hydroxyl groups excluding tert-OH is 25. The van der Waals surface area contributed by atoms with Gasteiger partial charge in [0.15, 0.2) is 56.6 Å². The summed E-state index contributed by atoms with van der Waals surface area (Å²) in [5.74, 6) is -3.60. The summed E-state index contributed by atoms with van der Waals surface area (Å²) in [5, 5.41) is 288. The number of carbonyl (C=O) groups is 5. The lowest BCUT2D eigenvalue weighted by atomic mass is 9.94. The summed E-state index contributed by atoms with van der Waals surface area (Å²) in [6.45, 7) is -6.59. The number of nitrogens with one attached hydrogen (secondary N) is 5. The van der Waals surface area contributed by atoms with Crippen LogP contribution < -0.4 is 26.6 Å². The van der Waals surface area contributed by atoms with Gasteiger partial charge in [-0.2, -0.15) is 0 Å². The van der Waals surface area contributed by atoms with Crippen LogP contribution in [0.2, 0.25) is 0 Å². The Kier molecular flexibility index (Phi) is 36.5. The van der Waals surface area contributed by atoms with E-state index in [1.54, 1.807) is 0 Å². The highest BCUT2D eigenvalue weighted by Crippen LogP contribution is 2.39. The topological polar surface area (TPSA) is 817 Å². The van der Waals surface area contributed by atoms with Crippen molar-refractivity contribution in [1.82, 2.24) is 26.6 Å². The van der Waals surface area contributed by atoms with Gasteiger partial charge in [0.25, 0.3) is 0 Å². The summed E-state index contributed by atoms with van der Waals surface area (Å²) < 4.78 is 105. The molecule has 9 rings (SSSR count). The first kappa shape index (κ1) is 98.4. The van der Waals surface area contributed by atoms with E-state index in [-0.39, 0.29) is 6.41 Å². The average molecular weight is 1740 g/mol. The lowest BCUT2D eigenvalue weighted by Gasteiger charge is -2.50. The quantitative estimate of drug-likeness (QED) is 0.0262. The van der Waals surface area contributed by atoms with Crippen LogP contribution in [0.1, 0.15) is 27.7 Å². The minimum absolute atomic E-state index is 0.255. The van der Waals surface area contributed by atoms with Gasteiger partial charge < -0.3 is 240 Å². The number of amides is 5. The first-order chi connectivity index (χ1) is 56.4. The Balaban J connectivity index is 0.909. The molecule has 0 aliphatic carbocycles. The number of aliphatic hydroxyl groups is 25. The van der Waals surface area contributed by atoms with E-state index in [0.717, 1.165) is 27.7 Å². The van der Waals surface area contributed by atoms with Crippen molar-refractivity contribution < 1.29 is 237 Å². The maximum absolute atomic E-state index is 13.0. The predicted molar refractivity (Wildman–Crippen MR) is 367 cm³/mol. The van der Waals surface area contributed by atoms with Crippen molar-refractivity contribution in [3.8, 4) is 0 Å². The van der Waals surface area contributed by atoms with E-state index in [1.807, 2.05) is 0 Å². The standard InChI is InChI=1S/C66H111N5O48/c1-17(81)68-31-40(90)35(85)22(6-73)105-60(31)119-57-39(89)30(15-104-59-32(69-18(2)82)41(91)52(25(9-76)108-59)114-63-47(97)44(94)36(86)23(7-74)106-63)113-66(51(57)101)116-53-26(10-77)109-58(33(42(53)92)70-19(3)83)103-14-29-37(87)45(95)48(98)64(112-29)115-54-27(11-78)110-61(34(43(54)93)71-20(4)84)118-56-38(88)24(8-75)107-65(50(56)100)117-55-28(12-79)111-62(49(99)46(55)96)102-13-21(5-72)67-16-80/h16,21-66,72-79,85-101H,5-15H2,1-4H3,(H,67,80)(H,68,81)(H,69,82)(H,70,83)(H,71,84)/t21-,22-,23-,24-,25-,26-,27-,28-,29-,30-,31-,32-,33-,34-,35-,36+,37+,38+,39+,40-,41-,42-,43-,44+,45+,46-,47-,48-,49-,50-,51-,52-,53-,54-,55-,56+,57+,58-,59-,60+,61+,62-,63+,64+,65+,66+/m1/s1. The molecule has 9 fully saturated rings. The third-order valence-corrected chi connectivity index (χ3v) is 21.3. The van der Waals surface area contributed by atoms with Gasteiger partial charge >= 0.3 is 0 Å². The number of hydrogen-bond acceptors (Lipinski definition) is 48. The van der Waals surface area contributed by atoms with Gasteiger partial charge in [0.2, 0.25) is 30.0 Å². The summed E-state index contributed by atoms with van der Waals surface area (Å²) >= 11 is 0. The van der Waals surface area contributed by atoms with E-state index in [9.17, 15) is 152 Å². The fourth-order valence-corrected chi connectivity index (χ4v) is 15.0. The highest BCUT2D eigenvalue weighted by molar-refractivity contribution is 5.74. The molecule has 688 valence electrons. The van der Waals surface area contributed by atoms with Crippen LogP contribution in [0.3, 0.4) is 0 Å². The molecule has 9 aliphatic heterocycles. The summed E-state index contributed by atoms with van der Waals surface area (Å²) in [5.41, 5.74) is 0. The summed E-state index contributed by atoms with van der Waals surface area (Å²) in [7, 11) is 0. The van der Waals surface area contributed by atoms with Crippen LogP contribution in [0.4, 0.5) is 0 Å². The van der Waals surface area contributed by atoms with Gasteiger partial charge in [-0.05, 0) is 0 Å². The third-order valence-electron chi connectivity index (χ3n) is 21.3. The van der Waals surface area contributed by atoms with Gasteiger partial charge in [0.1, 0.15) is 219 Å². The molecule has 53 heteroatoms. The van der Waals surface area contributed by atoms with Crippen molar-refractivity contribution in [2.75, 3.05) is 72.7 Å². The summed E-state index contributed by atoms with van der Waals surface area (Å²) in [6.07, 6.45) is -81.9. The van der Waals surface area contributed by atoms with E-state index >= 15 is 0 Å². The second kappa shape index (κ2) is 44.2. The molecule has 9 heterocycles. The van der Waals surface area contributed by atoms with E-state index in [1.165, 1.54) is 0 Å². The molecule has 0 aromatic heterocycles. The third kappa shape index (κ3) is 22.7. The van der Waals surface area contributed by atoms with Gasteiger partial charge in [-0.15, -0.1) is 0 Å². The van der Waals surface area contributed by atoms with E-state index in [4.69, 9.17) is 85.3 Å². The van der Waals surface area contributed by atoms with Crippen LogP contribution in [0.15, 0.2) is 0 Å². The second-order valence-corrected chi connectivity index (χ2v) is 29.7. The minimum Gasteiger partial charge on any atom is -0.394 e. The van der Waals surface area contributed by atoms with Crippen molar-refractivity contribution in [2.24, 2.45) is 0 Å². The first-order valence-corrected chi connectivity index (χ1v) is 37.8. The normalized spacial score (nSPS) is 46.9. The van der Waals surface area contributed by atoms with Crippen molar-refractivity contribution in [3.63, 3.8) is 0 Å². The molecule has 0 unspecified atom stereocenters.